The number of nitriles is 1. The van der Waals surface area contributed by atoms with Gasteiger partial charge in [0, 0.05) is 11.1 Å². The van der Waals surface area contributed by atoms with Crippen LogP contribution in [0.15, 0.2) is 18.2 Å². The van der Waals surface area contributed by atoms with Crippen molar-refractivity contribution in [2.75, 3.05) is 6.54 Å². The first-order valence-electron chi connectivity index (χ1n) is 5.26. The molecule has 1 aliphatic rings. The van der Waals surface area contributed by atoms with Gasteiger partial charge in [-0.3, -0.25) is 4.79 Å². The Morgan fingerprint density at radius 1 is 1.47 bits per heavy atom. The largest absolute Gasteiger partial charge is 0.322 e. The summed E-state index contributed by atoms with van der Waals surface area (Å²) in [6, 6.07) is 6.95. The molecule has 0 atom stereocenters. The summed E-state index contributed by atoms with van der Waals surface area (Å²) in [6.07, 6.45) is 1.91. The van der Waals surface area contributed by atoms with Crippen LogP contribution in [-0.2, 0) is 0 Å². The Morgan fingerprint density at radius 3 is 2.71 bits per heavy atom. The molecule has 0 radical (unpaired) electrons. The molecular weight excluding hydrogens is 259 g/mol. The molecule has 88 valence electrons. The summed E-state index contributed by atoms with van der Waals surface area (Å²) in [5, 5.41) is 9.54. The standard InChI is InChI=1S/C12H10Cl2N2O/c13-8-1-4-10(11(14)7-8)12(17)16(6-5-15)9-2-3-9/h1,4,7,9H,2-3,6H2. The van der Waals surface area contributed by atoms with Crippen LogP contribution >= 0.6 is 23.2 Å². The molecule has 0 spiro atoms. The van der Waals surface area contributed by atoms with Gasteiger partial charge in [0.1, 0.15) is 6.54 Å². The third-order valence-electron chi connectivity index (χ3n) is 2.65. The predicted molar refractivity (Wildman–Crippen MR) is 66.1 cm³/mol. The summed E-state index contributed by atoms with van der Waals surface area (Å²) < 4.78 is 0. The fourth-order valence-corrected chi connectivity index (χ4v) is 2.14. The zero-order valence-corrected chi connectivity index (χ0v) is 10.5. The molecule has 0 saturated heterocycles. The Morgan fingerprint density at radius 2 is 2.18 bits per heavy atom. The van der Waals surface area contributed by atoms with Gasteiger partial charge in [0.05, 0.1) is 16.7 Å². The maximum absolute atomic E-state index is 12.2. The SMILES string of the molecule is N#CCN(C(=O)c1ccc(Cl)cc1Cl)C1CC1. The molecule has 0 bridgehead atoms. The number of halogens is 2. The highest BCUT2D eigenvalue weighted by molar-refractivity contribution is 6.36. The van der Waals surface area contributed by atoms with Gasteiger partial charge in [-0.05, 0) is 31.0 Å². The van der Waals surface area contributed by atoms with E-state index in [9.17, 15) is 4.79 Å². The van der Waals surface area contributed by atoms with Gasteiger partial charge in [-0.15, -0.1) is 0 Å². The van der Waals surface area contributed by atoms with Crippen molar-refractivity contribution in [2.45, 2.75) is 18.9 Å². The van der Waals surface area contributed by atoms with Crippen molar-refractivity contribution in [3.05, 3.63) is 33.8 Å². The minimum Gasteiger partial charge on any atom is -0.322 e. The average molecular weight is 269 g/mol. The van der Waals surface area contributed by atoms with E-state index in [0.29, 0.717) is 15.6 Å². The number of carbonyl (C=O) groups is 1. The molecular formula is C12H10Cl2N2O. The molecule has 1 saturated carbocycles. The molecule has 1 aromatic carbocycles. The van der Waals surface area contributed by atoms with Crippen LogP contribution in [0.4, 0.5) is 0 Å². The molecule has 0 aromatic heterocycles. The second-order valence-corrected chi connectivity index (χ2v) is 4.79. The van der Waals surface area contributed by atoms with Gasteiger partial charge in [-0.2, -0.15) is 5.26 Å². The molecule has 5 heteroatoms. The van der Waals surface area contributed by atoms with Gasteiger partial charge >= 0.3 is 0 Å². The van der Waals surface area contributed by atoms with Gasteiger partial charge in [0.25, 0.3) is 5.91 Å². The summed E-state index contributed by atoms with van der Waals surface area (Å²) >= 11 is 11.8. The number of hydrogen-bond acceptors (Lipinski definition) is 2. The molecule has 3 nitrogen and oxygen atoms in total. The van der Waals surface area contributed by atoms with Crippen molar-refractivity contribution in [1.82, 2.24) is 4.90 Å². The lowest BCUT2D eigenvalue weighted by molar-refractivity contribution is 0.0765. The van der Waals surface area contributed by atoms with Gasteiger partial charge in [0.15, 0.2) is 0 Å². The van der Waals surface area contributed by atoms with Crippen molar-refractivity contribution < 1.29 is 4.79 Å². The van der Waals surface area contributed by atoms with Gasteiger partial charge in [-0.25, -0.2) is 0 Å². The molecule has 0 N–H and O–H groups in total. The molecule has 0 aliphatic heterocycles. The smallest absolute Gasteiger partial charge is 0.256 e. The summed E-state index contributed by atoms with van der Waals surface area (Å²) in [6.45, 7) is 0.0997. The lowest BCUT2D eigenvalue weighted by Crippen LogP contribution is -2.33. The van der Waals surface area contributed by atoms with Crippen molar-refractivity contribution in [3.8, 4) is 6.07 Å². The van der Waals surface area contributed by atoms with Crippen LogP contribution in [0.2, 0.25) is 10.0 Å². The quantitative estimate of drug-likeness (QED) is 0.791. The Labute approximate surface area is 110 Å². The maximum atomic E-state index is 12.2. The highest BCUT2D eigenvalue weighted by atomic mass is 35.5. The monoisotopic (exact) mass is 268 g/mol. The van der Waals surface area contributed by atoms with Gasteiger partial charge < -0.3 is 4.90 Å². The Balaban J connectivity index is 2.25. The Hall–Kier alpha value is -1.24. The molecule has 0 unspecified atom stereocenters. The minimum atomic E-state index is -0.198. The number of hydrogen-bond donors (Lipinski definition) is 0. The van der Waals surface area contributed by atoms with Crippen LogP contribution < -0.4 is 0 Å². The van der Waals surface area contributed by atoms with Crippen LogP contribution in [-0.4, -0.2) is 23.4 Å². The average Bonchev–Trinajstić information content (AvgIpc) is 3.09. The molecule has 1 aromatic rings. The van der Waals surface area contributed by atoms with E-state index in [1.807, 2.05) is 6.07 Å². The molecule has 17 heavy (non-hydrogen) atoms. The fraction of sp³-hybridized carbons (Fsp3) is 0.333. The predicted octanol–water partition coefficient (Wildman–Crippen LogP) is 3.12. The van der Waals surface area contributed by atoms with E-state index < -0.39 is 0 Å². The summed E-state index contributed by atoms with van der Waals surface area (Å²) in [5.74, 6) is -0.198. The second-order valence-electron chi connectivity index (χ2n) is 3.95. The van der Waals surface area contributed by atoms with Crippen LogP contribution in [0.3, 0.4) is 0 Å². The number of benzene rings is 1. The van der Waals surface area contributed by atoms with E-state index in [1.54, 1.807) is 17.0 Å². The molecule has 1 aliphatic carbocycles. The van der Waals surface area contributed by atoms with Crippen molar-refractivity contribution in [3.63, 3.8) is 0 Å². The van der Waals surface area contributed by atoms with E-state index in [2.05, 4.69) is 0 Å². The summed E-state index contributed by atoms with van der Waals surface area (Å²) in [7, 11) is 0. The zero-order chi connectivity index (χ0) is 12.4. The third kappa shape index (κ3) is 2.71. The topological polar surface area (TPSA) is 44.1 Å². The summed E-state index contributed by atoms with van der Waals surface area (Å²) in [4.78, 5) is 13.8. The van der Waals surface area contributed by atoms with Crippen molar-refractivity contribution in [2.24, 2.45) is 0 Å². The first-order chi connectivity index (χ1) is 8.13. The number of rotatable bonds is 3. The normalized spacial score (nSPS) is 14.2. The van der Waals surface area contributed by atoms with Crippen molar-refractivity contribution in [1.29, 1.82) is 5.26 Å². The van der Waals surface area contributed by atoms with E-state index in [1.165, 1.54) is 6.07 Å². The highest BCUT2D eigenvalue weighted by Crippen LogP contribution is 2.30. The van der Waals surface area contributed by atoms with Crippen molar-refractivity contribution >= 4 is 29.1 Å². The van der Waals surface area contributed by atoms with Crippen LogP contribution in [0.25, 0.3) is 0 Å². The van der Waals surface area contributed by atoms with E-state index in [-0.39, 0.29) is 18.5 Å². The molecule has 1 fully saturated rings. The Kier molecular flexibility index (Phi) is 3.56. The first kappa shape index (κ1) is 12.2. The Bertz CT molecular complexity index is 492. The zero-order valence-electron chi connectivity index (χ0n) is 8.99. The molecule has 2 rings (SSSR count). The van der Waals surface area contributed by atoms with E-state index in [4.69, 9.17) is 28.5 Å². The fourth-order valence-electron chi connectivity index (χ4n) is 1.65. The first-order valence-corrected chi connectivity index (χ1v) is 6.02. The third-order valence-corrected chi connectivity index (χ3v) is 3.20. The van der Waals surface area contributed by atoms with Gasteiger partial charge in [0.2, 0.25) is 0 Å². The minimum absolute atomic E-state index is 0.0997. The molecule has 1 amide bonds. The number of amides is 1. The lowest BCUT2D eigenvalue weighted by Gasteiger charge is -2.19. The van der Waals surface area contributed by atoms with Crippen LogP contribution in [0.1, 0.15) is 23.2 Å². The lowest BCUT2D eigenvalue weighted by atomic mass is 10.2. The van der Waals surface area contributed by atoms with E-state index in [0.717, 1.165) is 12.8 Å². The highest BCUT2D eigenvalue weighted by Gasteiger charge is 2.33. The van der Waals surface area contributed by atoms with Crippen LogP contribution in [0.5, 0.6) is 0 Å². The van der Waals surface area contributed by atoms with Crippen LogP contribution in [0, 0.1) is 11.3 Å². The van der Waals surface area contributed by atoms with Gasteiger partial charge in [-0.1, -0.05) is 23.2 Å². The summed E-state index contributed by atoms with van der Waals surface area (Å²) in [5.41, 5.74) is 0.401. The second kappa shape index (κ2) is 4.95. The maximum Gasteiger partial charge on any atom is 0.256 e. The van der Waals surface area contributed by atoms with E-state index >= 15 is 0 Å². The number of carbonyl (C=O) groups excluding carboxylic acids is 1. The molecule has 0 heterocycles. The number of nitrogens with zero attached hydrogens (tertiary/aromatic N) is 2.